The van der Waals surface area contributed by atoms with E-state index in [9.17, 15) is 0 Å². The zero-order chi connectivity index (χ0) is 18.1. The van der Waals surface area contributed by atoms with Gasteiger partial charge in [-0.1, -0.05) is 36.4 Å². The quantitative estimate of drug-likeness (QED) is 0.496. The van der Waals surface area contributed by atoms with Gasteiger partial charge in [-0.25, -0.2) is 9.97 Å². The molecule has 0 unspecified atom stereocenters. The summed E-state index contributed by atoms with van der Waals surface area (Å²) in [5.41, 5.74) is 3.89. The van der Waals surface area contributed by atoms with Crippen LogP contribution in [0.1, 0.15) is 5.69 Å². The molecule has 7 nitrogen and oxygen atoms in total. The van der Waals surface area contributed by atoms with Gasteiger partial charge in [0.25, 0.3) is 0 Å². The van der Waals surface area contributed by atoms with E-state index in [1.54, 1.807) is 29.4 Å². The summed E-state index contributed by atoms with van der Waals surface area (Å²) in [6.45, 7) is 0. The van der Waals surface area contributed by atoms with Gasteiger partial charge in [-0.3, -0.25) is 9.97 Å². The summed E-state index contributed by atoms with van der Waals surface area (Å²) in [6.07, 6.45) is 8.60. The third-order valence-electron chi connectivity index (χ3n) is 4.10. The van der Waals surface area contributed by atoms with E-state index < -0.39 is 0 Å². The number of aromatic nitrogens is 7. The Labute approximate surface area is 154 Å². The highest BCUT2D eigenvalue weighted by atomic mass is 15.5. The molecule has 5 aromatic rings. The van der Waals surface area contributed by atoms with Crippen molar-refractivity contribution in [3.05, 3.63) is 84.2 Å². The third-order valence-corrected chi connectivity index (χ3v) is 4.10. The smallest absolute Gasteiger partial charge is 0.204 e. The van der Waals surface area contributed by atoms with Gasteiger partial charge in [-0.05, 0) is 18.2 Å². The standard InChI is InChI=1S/C20H13N7/c1-2-6-14(7-3-1)18-16(12-15-8-4-5-9-22-15)20-24-19(26-27(20)25-18)17-13-21-10-11-23-17/h1-13H/b16-12-. The van der Waals surface area contributed by atoms with E-state index in [2.05, 4.69) is 30.1 Å². The van der Waals surface area contributed by atoms with E-state index in [4.69, 9.17) is 0 Å². The van der Waals surface area contributed by atoms with Gasteiger partial charge in [0.05, 0.1) is 17.1 Å². The average Bonchev–Trinajstić information content (AvgIpc) is 3.30. The molecule has 5 rings (SSSR count). The van der Waals surface area contributed by atoms with E-state index in [0.717, 1.165) is 22.2 Å². The lowest BCUT2D eigenvalue weighted by molar-refractivity contribution is 0.826. The second kappa shape index (κ2) is 6.38. The van der Waals surface area contributed by atoms with Crippen molar-refractivity contribution in [3.63, 3.8) is 0 Å². The summed E-state index contributed by atoms with van der Waals surface area (Å²) in [5, 5.41) is 10.0. The first-order valence-corrected chi connectivity index (χ1v) is 8.40. The van der Waals surface area contributed by atoms with Crippen LogP contribution in [0.4, 0.5) is 0 Å². The molecule has 128 valence electrons. The van der Waals surface area contributed by atoms with Crippen LogP contribution < -0.4 is 5.22 Å². The first kappa shape index (κ1) is 15.3. The average molecular weight is 351 g/mol. The lowest BCUT2D eigenvalue weighted by atomic mass is 10.1. The second-order valence-corrected chi connectivity index (χ2v) is 5.87. The Hall–Kier alpha value is -4.00. The molecule has 0 atom stereocenters. The van der Waals surface area contributed by atoms with E-state index in [1.807, 2.05) is 54.6 Å². The van der Waals surface area contributed by atoms with E-state index in [0.29, 0.717) is 17.2 Å². The van der Waals surface area contributed by atoms with Crippen LogP contribution in [0.15, 0.2) is 73.3 Å². The number of rotatable bonds is 3. The molecule has 4 aromatic heterocycles. The highest BCUT2D eigenvalue weighted by Crippen LogP contribution is 2.16. The van der Waals surface area contributed by atoms with Crippen LogP contribution in [0.25, 0.3) is 34.5 Å². The predicted molar refractivity (Wildman–Crippen MR) is 100 cm³/mol. The first-order chi connectivity index (χ1) is 13.4. The molecule has 0 saturated carbocycles. The Balaban J connectivity index is 1.77. The maximum atomic E-state index is 4.66. The molecule has 7 heteroatoms. The van der Waals surface area contributed by atoms with Gasteiger partial charge in [0, 0.05) is 24.2 Å². The molecule has 0 radical (unpaired) electrons. The molecule has 27 heavy (non-hydrogen) atoms. The summed E-state index contributed by atoms with van der Waals surface area (Å²) in [7, 11) is 0. The van der Waals surface area contributed by atoms with Crippen molar-refractivity contribution >= 4 is 11.7 Å². The molecular formula is C20H13N7. The normalized spacial score (nSPS) is 11.9. The van der Waals surface area contributed by atoms with Crippen LogP contribution in [-0.2, 0) is 0 Å². The van der Waals surface area contributed by atoms with Gasteiger partial charge in [-0.15, -0.1) is 14.8 Å². The summed E-state index contributed by atoms with van der Waals surface area (Å²) >= 11 is 0. The molecule has 0 aliphatic carbocycles. The largest absolute Gasteiger partial charge is 0.261 e. The molecule has 0 spiro atoms. The number of hydrogen-bond acceptors (Lipinski definition) is 6. The minimum absolute atomic E-state index is 0.487. The molecule has 0 N–H and O–H groups in total. The van der Waals surface area contributed by atoms with E-state index >= 15 is 0 Å². The zero-order valence-electron chi connectivity index (χ0n) is 14.1. The molecule has 4 heterocycles. The SMILES string of the molecule is C(/c1ccccn1)=c1\c(-c2ccccc2)nn2nc(-c3cnccn3)nc12. The minimum atomic E-state index is 0.487. The lowest BCUT2D eigenvalue weighted by Gasteiger charge is -1.96. The molecular weight excluding hydrogens is 338 g/mol. The molecule has 1 aromatic carbocycles. The van der Waals surface area contributed by atoms with Crippen LogP contribution in [0.5, 0.6) is 0 Å². The van der Waals surface area contributed by atoms with Crippen LogP contribution >= 0.6 is 0 Å². The molecule has 0 fully saturated rings. The van der Waals surface area contributed by atoms with Crippen molar-refractivity contribution in [1.29, 1.82) is 0 Å². The lowest BCUT2D eigenvalue weighted by Crippen LogP contribution is -2.04. The summed E-state index contributed by atoms with van der Waals surface area (Å²) < 4.78 is 1.54. The van der Waals surface area contributed by atoms with Crippen molar-refractivity contribution in [3.8, 4) is 22.8 Å². The van der Waals surface area contributed by atoms with Crippen LogP contribution in [0, 0.1) is 0 Å². The van der Waals surface area contributed by atoms with Gasteiger partial charge in [0.1, 0.15) is 11.4 Å². The van der Waals surface area contributed by atoms with Gasteiger partial charge < -0.3 is 0 Å². The van der Waals surface area contributed by atoms with Crippen molar-refractivity contribution in [2.75, 3.05) is 0 Å². The maximum Gasteiger partial charge on any atom is 0.204 e. The minimum Gasteiger partial charge on any atom is -0.261 e. The van der Waals surface area contributed by atoms with Gasteiger partial charge in [0.2, 0.25) is 5.82 Å². The molecule has 0 aliphatic rings. The fourth-order valence-electron chi connectivity index (χ4n) is 2.87. The van der Waals surface area contributed by atoms with Gasteiger partial charge in [0.15, 0.2) is 5.65 Å². The van der Waals surface area contributed by atoms with Crippen LogP contribution in [-0.4, -0.2) is 34.8 Å². The van der Waals surface area contributed by atoms with Crippen molar-refractivity contribution in [2.24, 2.45) is 0 Å². The fraction of sp³-hybridized carbons (Fsp3) is 0. The molecule has 0 saturated heterocycles. The number of pyridine rings is 1. The van der Waals surface area contributed by atoms with Crippen LogP contribution in [0.3, 0.4) is 0 Å². The number of nitrogens with zero attached hydrogens (tertiary/aromatic N) is 7. The van der Waals surface area contributed by atoms with Crippen molar-refractivity contribution < 1.29 is 0 Å². The Morgan fingerprint density at radius 2 is 1.70 bits per heavy atom. The number of benzene rings is 1. The van der Waals surface area contributed by atoms with Gasteiger partial charge in [-0.2, -0.15) is 0 Å². The summed E-state index contributed by atoms with van der Waals surface area (Å²) in [6, 6.07) is 15.7. The molecule has 0 amide bonds. The molecule has 0 aliphatic heterocycles. The highest BCUT2D eigenvalue weighted by Gasteiger charge is 2.16. The summed E-state index contributed by atoms with van der Waals surface area (Å²) in [5.74, 6) is 0.487. The van der Waals surface area contributed by atoms with E-state index in [-0.39, 0.29) is 0 Å². The topological polar surface area (TPSA) is 81.8 Å². The van der Waals surface area contributed by atoms with Crippen molar-refractivity contribution in [1.82, 2.24) is 34.8 Å². The van der Waals surface area contributed by atoms with Gasteiger partial charge >= 0.3 is 0 Å². The Bertz CT molecular complexity index is 1250. The third kappa shape index (κ3) is 2.81. The monoisotopic (exact) mass is 351 g/mol. The van der Waals surface area contributed by atoms with Crippen LogP contribution in [0.2, 0.25) is 0 Å². The number of fused-ring (bicyclic) bond motifs is 1. The Kier molecular flexibility index (Phi) is 3.61. The predicted octanol–water partition coefficient (Wildman–Crippen LogP) is 2.19. The highest BCUT2D eigenvalue weighted by molar-refractivity contribution is 5.70. The Morgan fingerprint density at radius 1 is 0.815 bits per heavy atom. The van der Waals surface area contributed by atoms with E-state index in [1.165, 1.54) is 0 Å². The fourth-order valence-corrected chi connectivity index (χ4v) is 2.87. The first-order valence-electron chi connectivity index (χ1n) is 8.40. The summed E-state index contributed by atoms with van der Waals surface area (Å²) in [4.78, 5) is 17.4. The zero-order valence-corrected chi connectivity index (χ0v) is 14.1. The maximum absolute atomic E-state index is 4.66. The van der Waals surface area contributed by atoms with Crippen molar-refractivity contribution in [2.45, 2.75) is 0 Å². The number of hydrogen-bond donors (Lipinski definition) is 0. The molecule has 0 bridgehead atoms. The Morgan fingerprint density at radius 3 is 2.48 bits per heavy atom. The second-order valence-electron chi connectivity index (χ2n) is 5.87.